The SMILES string of the molecule is CCCCCCCCCCCCCCCCCOC(=O)CCNC(=O)OCC(C)(C)C. The van der Waals surface area contributed by atoms with Gasteiger partial charge >= 0.3 is 12.1 Å². The van der Waals surface area contributed by atoms with Crippen LogP contribution in [0, 0.1) is 5.41 Å². The molecule has 31 heavy (non-hydrogen) atoms. The molecule has 0 aromatic carbocycles. The largest absolute Gasteiger partial charge is 0.466 e. The number of esters is 1. The normalized spacial score (nSPS) is 11.4. The smallest absolute Gasteiger partial charge is 0.407 e. The Morgan fingerprint density at radius 1 is 0.677 bits per heavy atom. The molecule has 0 aliphatic heterocycles. The van der Waals surface area contributed by atoms with E-state index in [0.717, 1.165) is 12.8 Å². The maximum atomic E-state index is 11.7. The summed E-state index contributed by atoms with van der Waals surface area (Å²) in [5, 5.41) is 2.58. The van der Waals surface area contributed by atoms with Gasteiger partial charge in [-0.05, 0) is 11.8 Å². The van der Waals surface area contributed by atoms with Gasteiger partial charge in [0.25, 0.3) is 0 Å². The van der Waals surface area contributed by atoms with Gasteiger partial charge in [-0.3, -0.25) is 4.79 Å². The van der Waals surface area contributed by atoms with Crippen LogP contribution in [-0.2, 0) is 14.3 Å². The topological polar surface area (TPSA) is 64.6 Å². The Morgan fingerprint density at radius 3 is 1.58 bits per heavy atom. The predicted octanol–water partition coefficient (Wildman–Crippen LogP) is 7.56. The minimum absolute atomic E-state index is 0.0660. The molecule has 0 saturated heterocycles. The summed E-state index contributed by atoms with van der Waals surface area (Å²) in [6.45, 7) is 9.34. The number of hydrogen-bond acceptors (Lipinski definition) is 4. The molecule has 0 unspecified atom stereocenters. The summed E-state index contributed by atoms with van der Waals surface area (Å²) in [6, 6.07) is 0. The van der Waals surface area contributed by atoms with E-state index < -0.39 is 6.09 Å². The van der Waals surface area contributed by atoms with Crippen LogP contribution in [0.3, 0.4) is 0 Å². The first kappa shape index (κ1) is 29.7. The van der Waals surface area contributed by atoms with Crippen molar-refractivity contribution in [3.63, 3.8) is 0 Å². The van der Waals surface area contributed by atoms with Gasteiger partial charge in [0.2, 0.25) is 0 Å². The third kappa shape index (κ3) is 24.9. The summed E-state index contributed by atoms with van der Waals surface area (Å²) in [5.74, 6) is -0.263. The highest BCUT2D eigenvalue weighted by molar-refractivity contribution is 5.71. The number of ether oxygens (including phenoxy) is 2. The van der Waals surface area contributed by atoms with Crippen LogP contribution in [0.2, 0.25) is 0 Å². The van der Waals surface area contributed by atoms with Gasteiger partial charge in [0.1, 0.15) is 0 Å². The molecule has 5 heteroatoms. The highest BCUT2D eigenvalue weighted by Gasteiger charge is 2.13. The summed E-state index contributed by atoms with van der Waals surface area (Å²) < 4.78 is 10.3. The molecule has 184 valence electrons. The Labute approximate surface area is 192 Å². The molecule has 0 spiro atoms. The molecular weight excluding hydrogens is 390 g/mol. The van der Waals surface area contributed by atoms with Crippen LogP contribution < -0.4 is 5.32 Å². The molecule has 0 aromatic heterocycles. The number of amides is 1. The van der Waals surface area contributed by atoms with Crippen LogP contribution in [0.1, 0.15) is 130 Å². The fraction of sp³-hybridized carbons (Fsp3) is 0.923. The van der Waals surface area contributed by atoms with Crippen LogP contribution in [-0.4, -0.2) is 31.8 Å². The van der Waals surface area contributed by atoms with Crippen LogP contribution in [0.15, 0.2) is 0 Å². The van der Waals surface area contributed by atoms with Crippen molar-refractivity contribution in [2.45, 2.75) is 130 Å². The Bertz CT molecular complexity index is 432. The maximum Gasteiger partial charge on any atom is 0.407 e. The van der Waals surface area contributed by atoms with Crippen molar-refractivity contribution in [2.75, 3.05) is 19.8 Å². The van der Waals surface area contributed by atoms with E-state index in [9.17, 15) is 9.59 Å². The van der Waals surface area contributed by atoms with E-state index in [1.165, 1.54) is 83.5 Å². The molecule has 1 N–H and O–H groups in total. The Balaban J connectivity index is 3.28. The maximum absolute atomic E-state index is 11.7. The van der Waals surface area contributed by atoms with Gasteiger partial charge in [-0.25, -0.2) is 4.79 Å². The number of nitrogens with one attached hydrogen (secondary N) is 1. The fourth-order valence-electron chi connectivity index (χ4n) is 3.33. The first-order valence-electron chi connectivity index (χ1n) is 12.9. The highest BCUT2D eigenvalue weighted by Crippen LogP contribution is 2.14. The van der Waals surface area contributed by atoms with Crippen molar-refractivity contribution < 1.29 is 19.1 Å². The average molecular weight is 442 g/mol. The summed E-state index contributed by atoms with van der Waals surface area (Å²) >= 11 is 0. The van der Waals surface area contributed by atoms with Crippen molar-refractivity contribution in [2.24, 2.45) is 5.41 Å². The number of rotatable bonds is 20. The molecule has 5 nitrogen and oxygen atoms in total. The zero-order valence-electron chi connectivity index (χ0n) is 21.1. The second-order valence-corrected chi connectivity index (χ2v) is 9.98. The first-order valence-corrected chi connectivity index (χ1v) is 12.9. The van der Waals surface area contributed by atoms with Crippen molar-refractivity contribution >= 4 is 12.1 Å². The van der Waals surface area contributed by atoms with E-state index in [4.69, 9.17) is 9.47 Å². The minimum Gasteiger partial charge on any atom is -0.466 e. The number of carbonyl (C=O) groups is 2. The van der Waals surface area contributed by atoms with Gasteiger partial charge in [-0.15, -0.1) is 0 Å². The molecule has 0 saturated carbocycles. The van der Waals surface area contributed by atoms with E-state index in [-0.39, 0.29) is 24.3 Å². The molecule has 0 heterocycles. The Morgan fingerprint density at radius 2 is 1.13 bits per heavy atom. The number of unbranched alkanes of at least 4 members (excludes halogenated alkanes) is 14. The zero-order valence-corrected chi connectivity index (χ0v) is 21.1. The molecule has 0 atom stereocenters. The molecule has 0 fully saturated rings. The van der Waals surface area contributed by atoms with Gasteiger partial charge in [-0.2, -0.15) is 0 Å². The molecule has 0 bridgehead atoms. The third-order valence-electron chi connectivity index (χ3n) is 5.25. The van der Waals surface area contributed by atoms with E-state index >= 15 is 0 Å². The van der Waals surface area contributed by atoms with Crippen molar-refractivity contribution in [3.05, 3.63) is 0 Å². The average Bonchev–Trinajstić information content (AvgIpc) is 2.71. The monoisotopic (exact) mass is 441 g/mol. The van der Waals surface area contributed by atoms with E-state index in [2.05, 4.69) is 12.2 Å². The van der Waals surface area contributed by atoms with Gasteiger partial charge in [-0.1, -0.05) is 118 Å². The summed E-state index contributed by atoms with van der Waals surface area (Å²) in [6.07, 6.45) is 19.5. The Hall–Kier alpha value is -1.26. The first-order chi connectivity index (χ1) is 14.8. The van der Waals surface area contributed by atoms with Gasteiger partial charge in [0.15, 0.2) is 0 Å². The van der Waals surface area contributed by atoms with Crippen LogP contribution >= 0.6 is 0 Å². The van der Waals surface area contributed by atoms with Crippen molar-refractivity contribution in [1.29, 1.82) is 0 Å². The zero-order chi connectivity index (χ0) is 23.2. The number of hydrogen-bond donors (Lipinski definition) is 1. The lowest BCUT2D eigenvalue weighted by atomic mass is 9.99. The minimum atomic E-state index is -0.481. The quantitative estimate of drug-likeness (QED) is 0.156. The lowest BCUT2D eigenvalue weighted by Gasteiger charge is -2.17. The van der Waals surface area contributed by atoms with E-state index in [1.807, 2.05) is 20.8 Å². The molecule has 1 amide bonds. The third-order valence-corrected chi connectivity index (χ3v) is 5.25. The summed E-state index contributed by atoms with van der Waals surface area (Å²) in [5.41, 5.74) is -0.0660. The molecule has 0 aliphatic carbocycles. The van der Waals surface area contributed by atoms with E-state index in [1.54, 1.807) is 0 Å². The molecule has 0 radical (unpaired) electrons. The molecule has 0 rings (SSSR count). The van der Waals surface area contributed by atoms with Crippen LogP contribution in [0.5, 0.6) is 0 Å². The lowest BCUT2D eigenvalue weighted by molar-refractivity contribution is -0.143. The van der Waals surface area contributed by atoms with Crippen LogP contribution in [0.25, 0.3) is 0 Å². The van der Waals surface area contributed by atoms with E-state index in [0.29, 0.717) is 13.2 Å². The Kier molecular flexibility index (Phi) is 19.8. The fourth-order valence-corrected chi connectivity index (χ4v) is 3.33. The second-order valence-electron chi connectivity index (χ2n) is 9.98. The predicted molar refractivity (Wildman–Crippen MR) is 129 cm³/mol. The van der Waals surface area contributed by atoms with Gasteiger partial charge in [0.05, 0.1) is 19.6 Å². The van der Waals surface area contributed by atoms with Gasteiger partial charge in [0, 0.05) is 6.54 Å². The lowest BCUT2D eigenvalue weighted by Crippen LogP contribution is -2.30. The van der Waals surface area contributed by atoms with Gasteiger partial charge < -0.3 is 14.8 Å². The number of carbonyl (C=O) groups excluding carboxylic acids is 2. The highest BCUT2D eigenvalue weighted by atomic mass is 16.5. The van der Waals surface area contributed by atoms with Crippen molar-refractivity contribution in [1.82, 2.24) is 5.32 Å². The van der Waals surface area contributed by atoms with Crippen molar-refractivity contribution in [3.8, 4) is 0 Å². The standard InChI is InChI=1S/C26H51NO4/c1-5-6-7-8-9-10-11-12-13-14-15-16-17-18-19-22-30-24(28)20-21-27-25(29)31-23-26(2,3)4/h5-23H2,1-4H3,(H,27,29). The molecule has 0 aliphatic rings. The summed E-state index contributed by atoms with van der Waals surface area (Å²) in [7, 11) is 0. The number of alkyl carbamates (subject to hydrolysis) is 1. The second kappa shape index (κ2) is 20.6. The molecule has 0 aromatic rings. The molecular formula is C26H51NO4. The summed E-state index contributed by atoms with van der Waals surface area (Å²) in [4.78, 5) is 23.2. The van der Waals surface area contributed by atoms with Crippen LogP contribution in [0.4, 0.5) is 4.79 Å².